The number of methoxy groups -OCH3 is 3. The van der Waals surface area contributed by atoms with E-state index in [1.165, 1.54) is 25.3 Å². The van der Waals surface area contributed by atoms with Crippen molar-refractivity contribution in [3.05, 3.63) is 52.1 Å². The minimum Gasteiger partial charge on any atom is -0.497 e. The van der Waals surface area contributed by atoms with E-state index in [1.54, 1.807) is 14.2 Å². The van der Waals surface area contributed by atoms with E-state index in [9.17, 15) is 14.9 Å². The Balaban J connectivity index is 1.59. The number of benzene rings is 2. The second-order valence-electron chi connectivity index (χ2n) is 7.80. The van der Waals surface area contributed by atoms with Crippen LogP contribution in [0.1, 0.15) is 12.5 Å². The highest BCUT2D eigenvalue weighted by molar-refractivity contribution is 5.96. The van der Waals surface area contributed by atoms with E-state index in [4.69, 9.17) is 14.2 Å². The molecule has 33 heavy (non-hydrogen) atoms. The van der Waals surface area contributed by atoms with Gasteiger partial charge in [-0.25, -0.2) is 0 Å². The summed E-state index contributed by atoms with van der Waals surface area (Å²) in [7, 11) is 4.75. The number of nitro benzene ring substituents is 1. The number of nitrogens with one attached hydrogen (secondary N) is 1. The molecule has 1 unspecified atom stereocenters. The summed E-state index contributed by atoms with van der Waals surface area (Å²) in [6.07, 6.45) is 0. The van der Waals surface area contributed by atoms with Crippen molar-refractivity contribution in [2.24, 2.45) is 0 Å². The Labute approximate surface area is 193 Å². The van der Waals surface area contributed by atoms with Crippen LogP contribution in [-0.4, -0.2) is 74.2 Å². The number of carbonyl (C=O) groups is 1. The fourth-order valence-electron chi connectivity index (χ4n) is 3.87. The molecule has 1 aliphatic rings. The number of nitrogens with zero attached hydrogens (tertiary/aromatic N) is 3. The maximum Gasteiger partial charge on any atom is 0.271 e. The van der Waals surface area contributed by atoms with Gasteiger partial charge in [-0.15, -0.1) is 0 Å². The minimum atomic E-state index is -0.505. The molecule has 0 bridgehead atoms. The SMILES string of the molecule is COc1ccc(OC)c(CN2CCN(C(C)C(=O)Nc3cc([N+](=O)[O-])ccc3OC)CC2)c1. The number of hydrogen-bond donors (Lipinski definition) is 1. The van der Waals surface area contributed by atoms with E-state index in [1.807, 2.05) is 25.1 Å². The monoisotopic (exact) mass is 458 g/mol. The summed E-state index contributed by atoms with van der Waals surface area (Å²) in [5.41, 5.74) is 1.22. The molecule has 1 atom stereocenters. The van der Waals surface area contributed by atoms with Crippen molar-refractivity contribution < 1.29 is 23.9 Å². The number of piperazine rings is 1. The molecule has 1 saturated heterocycles. The van der Waals surface area contributed by atoms with Crippen molar-refractivity contribution in [3.63, 3.8) is 0 Å². The number of rotatable bonds is 9. The zero-order valence-corrected chi connectivity index (χ0v) is 19.4. The predicted octanol–water partition coefficient (Wildman–Crippen LogP) is 2.77. The van der Waals surface area contributed by atoms with Gasteiger partial charge in [-0.2, -0.15) is 0 Å². The number of non-ortho nitro benzene ring substituents is 1. The van der Waals surface area contributed by atoms with Crippen LogP contribution in [0.25, 0.3) is 0 Å². The van der Waals surface area contributed by atoms with Gasteiger partial charge in [-0.3, -0.25) is 24.7 Å². The van der Waals surface area contributed by atoms with E-state index in [0.29, 0.717) is 18.8 Å². The highest BCUT2D eigenvalue weighted by Gasteiger charge is 2.27. The van der Waals surface area contributed by atoms with Crippen LogP contribution in [0.5, 0.6) is 17.2 Å². The quantitative estimate of drug-likeness (QED) is 0.452. The van der Waals surface area contributed by atoms with Gasteiger partial charge in [0.2, 0.25) is 5.91 Å². The molecule has 1 fully saturated rings. The van der Waals surface area contributed by atoms with Crippen LogP contribution in [0.15, 0.2) is 36.4 Å². The van der Waals surface area contributed by atoms with Crippen LogP contribution in [-0.2, 0) is 11.3 Å². The molecule has 1 N–H and O–H groups in total. The Morgan fingerprint density at radius 3 is 2.30 bits per heavy atom. The van der Waals surface area contributed by atoms with Crippen molar-refractivity contribution in [1.82, 2.24) is 9.80 Å². The summed E-state index contributed by atoms with van der Waals surface area (Å²) in [6.45, 7) is 5.57. The molecule has 0 spiro atoms. The fraction of sp³-hybridized carbons (Fsp3) is 0.435. The third kappa shape index (κ3) is 5.91. The topological polar surface area (TPSA) is 106 Å². The molecular weight excluding hydrogens is 428 g/mol. The molecule has 2 aromatic rings. The highest BCUT2D eigenvalue weighted by Crippen LogP contribution is 2.29. The summed E-state index contributed by atoms with van der Waals surface area (Å²) in [5.74, 6) is 1.73. The summed E-state index contributed by atoms with van der Waals surface area (Å²) >= 11 is 0. The first-order valence-electron chi connectivity index (χ1n) is 10.7. The van der Waals surface area contributed by atoms with E-state index in [0.717, 1.165) is 36.7 Å². The van der Waals surface area contributed by atoms with Crippen molar-refractivity contribution in [2.45, 2.75) is 19.5 Å². The lowest BCUT2D eigenvalue weighted by Crippen LogP contribution is -2.52. The van der Waals surface area contributed by atoms with Gasteiger partial charge >= 0.3 is 0 Å². The molecular formula is C23H30N4O6. The van der Waals surface area contributed by atoms with Crippen molar-refractivity contribution >= 4 is 17.3 Å². The van der Waals surface area contributed by atoms with Crippen molar-refractivity contribution in [2.75, 3.05) is 52.8 Å². The Morgan fingerprint density at radius 1 is 1.03 bits per heavy atom. The molecule has 0 aromatic heterocycles. The van der Waals surface area contributed by atoms with Gasteiger partial charge in [0.1, 0.15) is 17.2 Å². The van der Waals surface area contributed by atoms with Gasteiger partial charge in [-0.1, -0.05) is 0 Å². The van der Waals surface area contributed by atoms with Gasteiger partial charge in [0.05, 0.1) is 38.0 Å². The van der Waals surface area contributed by atoms with Gasteiger partial charge in [0.15, 0.2) is 0 Å². The third-order valence-electron chi connectivity index (χ3n) is 5.87. The number of anilines is 1. The Morgan fingerprint density at radius 2 is 1.70 bits per heavy atom. The Kier molecular flexibility index (Phi) is 8.07. The molecule has 0 radical (unpaired) electrons. The van der Waals surface area contributed by atoms with Crippen LogP contribution < -0.4 is 19.5 Å². The molecule has 0 saturated carbocycles. The average Bonchev–Trinajstić information content (AvgIpc) is 2.83. The molecule has 1 heterocycles. The molecule has 178 valence electrons. The smallest absolute Gasteiger partial charge is 0.271 e. The third-order valence-corrected chi connectivity index (χ3v) is 5.87. The maximum absolute atomic E-state index is 12.9. The molecule has 10 nitrogen and oxygen atoms in total. The molecule has 10 heteroatoms. The minimum absolute atomic E-state index is 0.111. The maximum atomic E-state index is 12.9. The normalized spacial score (nSPS) is 15.5. The molecule has 2 aromatic carbocycles. The molecule has 3 rings (SSSR count). The van der Waals surface area contributed by atoms with E-state index < -0.39 is 11.0 Å². The zero-order valence-electron chi connectivity index (χ0n) is 19.4. The Bertz CT molecular complexity index is 991. The highest BCUT2D eigenvalue weighted by atomic mass is 16.6. The predicted molar refractivity (Wildman–Crippen MR) is 124 cm³/mol. The van der Waals surface area contributed by atoms with Crippen LogP contribution >= 0.6 is 0 Å². The zero-order chi connectivity index (χ0) is 24.0. The lowest BCUT2D eigenvalue weighted by Gasteiger charge is -2.37. The second kappa shape index (κ2) is 11.0. The van der Waals surface area contributed by atoms with Crippen LogP contribution in [0.3, 0.4) is 0 Å². The summed E-state index contributed by atoms with van der Waals surface area (Å²) < 4.78 is 16.0. The number of amides is 1. The van der Waals surface area contributed by atoms with E-state index in [-0.39, 0.29) is 17.3 Å². The molecule has 0 aliphatic carbocycles. The Hall–Kier alpha value is -3.37. The van der Waals surface area contributed by atoms with Gasteiger partial charge in [0, 0.05) is 50.4 Å². The number of hydrogen-bond acceptors (Lipinski definition) is 8. The average molecular weight is 459 g/mol. The largest absolute Gasteiger partial charge is 0.497 e. The summed E-state index contributed by atoms with van der Waals surface area (Å²) in [5, 5.41) is 13.9. The van der Waals surface area contributed by atoms with Gasteiger partial charge in [-0.05, 0) is 31.2 Å². The van der Waals surface area contributed by atoms with Gasteiger partial charge < -0.3 is 19.5 Å². The lowest BCUT2D eigenvalue weighted by atomic mass is 10.1. The summed E-state index contributed by atoms with van der Waals surface area (Å²) in [4.78, 5) is 27.8. The van der Waals surface area contributed by atoms with Crippen LogP contribution in [0.4, 0.5) is 11.4 Å². The van der Waals surface area contributed by atoms with E-state index in [2.05, 4.69) is 15.1 Å². The van der Waals surface area contributed by atoms with Crippen molar-refractivity contribution in [3.8, 4) is 17.2 Å². The molecule has 1 amide bonds. The number of nitro groups is 1. The fourth-order valence-corrected chi connectivity index (χ4v) is 3.87. The second-order valence-corrected chi connectivity index (χ2v) is 7.80. The first-order chi connectivity index (χ1) is 15.9. The lowest BCUT2D eigenvalue weighted by molar-refractivity contribution is -0.384. The van der Waals surface area contributed by atoms with Crippen LogP contribution in [0, 0.1) is 10.1 Å². The number of carbonyl (C=O) groups excluding carboxylic acids is 1. The standard InChI is InChI=1S/C23H30N4O6/c1-16(23(28)24-20-14-18(27(29)30)5-7-22(20)33-4)26-11-9-25(10-12-26)15-17-13-19(31-2)6-8-21(17)32-3/h5-8,13-14,16H,9-12,15H2,1-4H3,(H,24,28). The van der Waals surface area contributed by atoms with Gasteiger partial charge in [0.25, 0.3) is 5.69 Å². The van der Waals surface area contributed by atoms with Crippen molar-refractivity contribution in [1.29, 1.82) is 0 Å². The van der Waals surface area contributed by atoms with E-state index >= 15 is 0 Å². The molecule has 1 aliphatic heterocycles. The van der Waals surface area contributed by atoms with Crippen LogP contribution in [0.2, 0.25) is 0 Å². The first kappa shape index (κ1) is 24.3. The first-order valence-corrected chi connectivity index (χ1v) is 10.7. The summed E-state index contributed by atoms with van der Waals surface area (Å²) in [6, 6.07) is 9.48. The number of ether oxygens (including phenoxy) is 3.